The number of hydrogen-bond acceptors (Lipinski definition) is 4. The summed E-state index contributed by atoms with van der Waals surface area (Å²) in [6.45, 7) is 8.07. The highest BCUT2D eigenvalue weighted by molar-refractivity contribution is 14.1. The monoisotopic (exact) mass is 361 g/mol. The second-order valence-corrected chi connectivity index (χ2v) is 6.85. The van der Waals surface area contributed by atoms with Crippen LogP contribution in [0.3, 0.4) is 0 Å². The minimum absolute atomic E-state index is 0.00645. The summed E-state index contributed by atoms with van der Waals surface area (Å²) in [7, 11) is 0. The summed E-state index contributed by atoms with van der Waals surface area (Å²) in [4.78, 5) is 9.25. The largest absolute Gasteiger partial charge is 0.383 e. The van der Waals surface area contributed by atoms with Gasteiger partial charge < -0.3 is 10.5 Å². The number of nitrogens with zero attached hydrogens (tertiary/aromatic N) is 2. The Labute approximate surface area is 122 Å². The summed E-state index contributed by atoms with van der Waals surface area (Å²) in [5, 5.41) is 0. The normalized spacial score (nSPS) is 18.0. The van der Waals surface area contributed by atoms with Crippen LogP contribution in [0.2, 0.25) is 0 Å². The first-order valence-corrected chi connectivity index (χ1v) is 7.38. The quantitative estimate of drug-likeness (QED) is 0.782. The summed E-state index contributed by atoms with van der Waals surface area (Å²) in [6.07, 6.45) is 1.98. The van der Waals surface area contributed by atoms with Crippen LogP contribution in [0.4, 0.5) is 5.82 Å². The van der Waals surface area contributed by atoms with Gasteiger partial charge in [0.25, 0.3) is 0 Å². The fourth-order valence-corrected chi connectivity index (χ4v) is 3.17. The van der Waals surface area contributed by atoms with E-state index in [1.54, 1.807) is 0 Å². The molecule has 0 radical (unpaired) electrons. The van der Waals surface area contributed by atoms with Crippen molar-refractivity contribution in [3.8, 4) is 0 Å². The van der Waals surface area contributed by atoms with Gasteiger partial charge in [-0.25, -0.2) is 9.97 Å². The highest BCUT2D eigenvalue weighted by Gasteiger charge is 2.25. The molecule has 0 amide bonds. The lowest BCUT2D eigenvalue weighted by Gasteiger charge is -2.25. The molecule has 1 aromatic rings. The average Bonchev–Trinajstić information content (AvgIpc) is 2.32. The summed E-state index contributed by atoms with van der Waals surface area (Å²) < 4.78 is 6.37. The number of rotatable bonds is 1. The number of nitrogen functional groups attached to an aromatic ring is 1. The second kappa shape index (κ2) is 5.28. The van der Waals surface area contributed by atoms with Crippen LogP contribution >= 0.6 is 22.6 Å². The molecule has 1 fully saturated rings. The molecule has 0 atom stereocenters. The van der Waals surface area contributed by atoms with Gasteiger partial charge in [-0.3, -0.25) is 0 Å². The number of nitrogens with two attached hydrogens (primary N) is 1. The van der Waals surface area contributed by atoms with Crippen molar-refractivity contribution in [2.24, 2.45) is 0 Å². The molecule has 1 aromatic heterocycles. The standard InChI is InChI=1S/C13H20IN3O/c1-13(2,3)10-9(14)11(15)17-12(16-10)8-4-6-18-7-5-8/h8H,4-7H2,1-3H3,(H2,15,16,17). The van der Waals surface area contributed by atoms with Crippen LogP contribution in [0.15, 0.2) is 0 Å². The van der Waals surface area contributed by atoms with Crippen molar-refractivity contribution in [3.63, 3.8) is 0 Å². The predicted molar refractivity (Wildman–Crippen MR) is 80.7 cm³/mol. The van der Waals surface area contributed by atoms with Crippen LogP contribution in [0.25, 0.3) is 0 Å². The van der Waals surface area contributed by atoms with E-state index in [1.807, 2.05) is 0 Å². The molecule has 1 aliphatic rings. The molecule has 1 saturated heterocycles. The Bertz CT molecular complexity index is 437. The SMILES string of the molecule is CC(C)(C)c1nc(C2CCOCC2)nc(N)c1I. The van der Waals surface area contributed by atoms with Crippen molar-refractivity contribution < 1.29 is 4.74 Å². The predicted octanol–water partition coefficient (Wildman–Crippen LogP) is 2.85. The molecule has 2 N–H and O–H groups in total. The number of ether oxygens (including phenoxy) is 1. The first-order chi connectivity index (χ1) is 8.39. The minimum Gasteiger partial charge on any atom is -0.383 e. The van der Waals surface area contributed by atoms with E-state index < -0.39 is 0 Å². The van der Waals surface area contributed by atoms with Crippen molar-refractivity contribution in [2.45, 2.75) is 44.9 Å². The molecule has 18 heavy (non-hydrogen) atoms. The van der Waals surface area contributed by atoms with Crippen LogP contribution in [-0.4, -0.2) is 23.2 Å². The number of hydrogen-bond donors (Lipinski definition) is 1. The van der Waals surface area contributed by atoms with E-state index in [2.05, 4.69) is 48.3 Å². The molecule has 0 unspecified atom stereocenters. The molecule has 0 aromatic carbocycles. The van der Waals surface area contributed by atoms with E-state index in [9.17, 15) is 0 Å². The highest BCUT2D eigenvalue weighted by atomic mass is 127. The molecule has 1 aliphatic heterocycles. The van der Waals surface area contributed by atoms with E-state index >= 15 is 0 Å². The maximum atomic E-state index is 6.03. The van der Waals surface area contributed by atoms with Gasteiger partial charge in [0.1, 0.15) is 11.6 Å². The summed E-state index contributed by atoms with van der Waals surface area (Å²) in [5.41, 5.74) is 7.08. The van der Waals surface area contributed by atoms with E-state index in [4.69, 9.17) is 15.5 Å². The van der Waals surface area contributed by atoms with Crippen molar-refractivity contribution in [1.29, 1.82) is 0 Å². The maximum absolute atomic E-state index is 6.03. The Hall–Kier alpha value is -0.430. The van der Waals surface area contributed by atoms with Gasteiger partial charge in [-0.05, 0) is 35.4 Å². The van der Waals surface area contributed by atoms with Gasteiger partial charge >= 0.3 is 0 Å². The molecule has 0 spiro atoms. The number of halogens is 1. The Morgan fingerprint density at radius 2 is 1.83 bits per heavy atom. The molecule has 2 rings (SSSR count). The summed E-state index contributed by atoms with van der Waals surface area (Å²) in [6, 6.07) is 0. The molecular formula is C13H20IN3O. The van der Waals surface area contributed by atoms with Crippen molar-refractivity contribution in [3.05, 3.63) is 15.1 Å². The average molecular weight is 361 g/mol. The van der Waals surface area contributed by atoms with Gasteiger partial charge in [0.2, 0.25) is 0 Å². The third kappa shape index (κ3) is 2.93. The van der Waals surface area contributed by atoms with Gasteiger partial charge in [-0.1, -0.05) is 20.8 Å². The maximum Gasteiger partial charge on any atom is 0.140 e. The number of anilines is 1. The fourth-order valence-electron chi connectivity index (χ4n) is 2.12. The smallest absolute Gasteiger partial charge is 0.140 e. The lowest BCUT2D eigenvalue weighted by molar-refractivity contribution is 0.0835. The number of aromatic nitrogens is 2. The zero-order chi connectivity index (χ0) is 13.3. The van der Waals surface area contributed by atoms with E-state index in [1.165, 1.54) is 0 Å². The van der Waals surface area contributed by atoms with Gasteiger partial charge in [0.15, 0.2) is 0 Å². The van der Waals surface area contributed by atoms with Gasteiger partial charge in [-0.15, -0.1) is 0 Å². The van der Waals surface area contributed by atoms with E-state index in [0.717, 1.165) is 41.1 Å². The van der Waals surface area contributed by atoms with Crippen molar-refractivity contribution >= 4 is 28.4 Å². The molecule has 2 heterocycles. The Balaban J connectivity index is 2.40. The van der Waals surface area contributed by atoms with E-state index in [-0.39, 0.29) is 5.41 Å². The zero-order valence-corrected chi connectivity index (χ0v) is 13.3. The fraction of sp³-hybridized carbons (Fsp3) is 0.692. The second-order valence-electron chi connectivity index (χ2n) is 5.77. The Morgan fingerprint density at radius 1 is 1.22 bits per heavy atom. The van der Waals surface area contributed by atoms with Crippen LogP contribution < -0.4 is 5.73 Å². The minimum atomic E-state index is -0.00645. The Kier molecular flexibility index (Phi) is 4.11. The van der Waals surface area contributed by atoms with Crippen LogP contribution in [-0.2, 0) is 10.2 Å². The molecule has 100 valence electrons. The molecule has 0 saturated carbocycles. The molecule has 5 heteroatoms. The molecular weight excluding hydrogens is 341 g/mol. The van der Waals surface area contributed by atoms with Gasteiger partial charge in [-0.2, -0.15) is 0 Å². The van der Waals surface area contributed by atoms with Crippen LogP contribution in [0.1, 0.15) is 51.0 Å². The molecule has 4 nitrogen and oxygen atoms in total. The molecule has 0 aliphatic carbocycles. The lowest BCUT2D eigenvalue weighted by atomic mass is 9.91. The third-order valence-corrected chi connectivity index (χ3v) is 4.25. The zero-order valence-electron chi connectivity index (χ0n) is 11.2. The summed E-state index contributed by atoms with van der Waals surface area (Å²) >= 11 is 2.24. The van der Waals surface area contributed by atoms with Crippen LogP contribution in [0.5, 0.6) is 0 Å². The van der Waals surface area contributed by atoms with Gasteiger partial charge in [0.05, 0.1) is 9.26 Å². The Morgan fingerprint density at radius 3 is 2.39 bits per heavy atom. The van der Waals surface area contributed by atoms with Crippen LogP contribution in [0, 0.1) is 3.57 Å². The lowest BCUT2D eigenvalue weighted by Crippen LogP contribution is -2.22. The summed E-state index contributed by atoms with van der Waals surface area (Å²) in [5.74, 6) is 1.89. The molecule has 0 bridgehead atoms. The van der Waals surface area contributed by atoms with Crippen molar-refractivity contribution in [1.82, 2.24) is 9.97 Å². The first kappa shape index (κ1) is 14.0. The topological polar surface area (TPSA) is 61.0 Å². The first-order valence-electron chi connectivity index (χ1n) is 6.30. The third-order valence-electron chi connectivity index (χ3n) is 3.19. The highest BCUT2D eigenvalue weighted by Crippen LogP contribution is 2.31. The van der Waals surface area contributed by atoms with E-state index in [0.29, 0.717) is 11.7 Å². The van der Waals surface area contributed by atoms with Crippen molar-refractivity contribution in [2.75, 3.05) is 18.9 Å². The van der Waals surface area contributed by atoms with Gasteiger partial charge in [0, 0.05) is 24.5 Å².